The molecule has 0 saturated carbocycles. The number of benzene rings is 3. The Kier molecular flexibility index (Phi) is 8.00. The average molecular weight is 432 g/mol. The van der Waals surface area contributed by atoms with Gasteiger partial charge in [0.2, 0.25) is 5.91 Å². The molecule has 6 nitrogen and oxygen atoms in total. The second-order valence-corrected chi connectivity index (χ2v) is 7.65. The molecule has 3 aromatic carbocycles. The van der Waals surface area contributed by atoms with Crippen LogP contribution in [-0.2, 0) is 4.79 Å². The number of carbonyl (C=O) groups excluding carboxylic acids is 2. The summed E-state index contributed by atoms with van der Waals surface area (Å²) >= 11 is 0. The third kappa shape index (κ3) is 5.95. The van der Waals surface area contributed by atoms with Gasteiger partial charge in [-0.15, -0.1) is 0 Å². The highest BCUT2D eigenvalue weighted by Gasteiger charge is 2.19. The van der Waals surface area contributed by atoms with Crippen molar-refractivity contribution in [2.75, 3.05) is 34.3 Å². The van der Waals surface area contributed by atoms with Crippen molar-refractivity contribution in [1.82, 2.24) is 15.5 Å². The zero-order valence-corrected chi connectivity index (χ0v) is 18.7. The highest BCUT2D eigenvalue weighted by Crippen LogP contribution is 2.27. The van der Waals surface area contributed by atoms with Gasteiger partial charge in [0.1, 0.15) is 5.75 Å². The smallest absolute Gasteiger partial charge is 0.251 e. The van der Waals surface area contributed by atoms with Crippen molar-refractivity contribution >= 4 is 11.8 Å². The number of nitrogens with one attached hydrogen (secondary N) is 2. The van der Waals surface area contributed by atoms with Gasteiger partial charge in [0.05, 0.1) is 19.7 Å². The number of hydrogen-bond donors (Lipinski definition) is 2. The van der Waals surface area contributed by atoms with Crippen molar-refractivity contribution in [3.05, 3.63) is 90.0 Å². The highest BCUT2D eigenvalue weighted by molar-refractivity contribution is 5.96. The molecule has 0 fully saturated rings. The molecule has 0 aliphatic rings. The standard InChI is InChI=1S/C26H29N3O3/c1-29(2)23(22-11-7-8-12-24(22)32-3)17-27-25(30)18-28-26(31)21-15-13-20(14-16-21)19-9-5-4-6-10-19/h4-16,23H,17-18H2,1-3H3,(H,27,30)(H,28,31). The van der Waals surface area contributed by atoms with E-state index in [9.17, 15) is 9.59 Å². The second kappa shape index (κ2) is 11.1. The van der Waals surface area contributed by atoms with Crippen LogP contribution < -0.4 is 15.4 Å². The number of ether oxygens (including phenoxy) is 1. The van der Waals surface area contributed by atoms with Crippen LogP contribution in [0.5, 0.6) is 5.75 Å². The number of carbonyl (C=O) groups is 2. The zero-order valence-electron chi connectivity index (χ0n) is 18.7. The first-order valence-corrected chi connectivity index (χ1v) is 10.5. The lowest BCUT2D eigenvalue weighted by Gasteiger charge is -2.26. The molecule has 0 radical (unpaired) electrons. The van der Waals surface area contributed by atoms with Crippen LogP contribution in [0.15, 0.2) is 78.9 Å². The van der Waals surface area contributed by atoms with Gasteiger partial charge in [-0.1, -0.05) is 60.7 Å². The van der Waals surface area contributed by atoms with Gasteiger partial charge >= 0.3 is 0 Å². The van der Waals surface area contributed by atoms with Gasteiger partial charge < -0.3 is 20.3 Å². The third-order valence-electron chi connectivity index (χ3n) is 5.28. The molecule has 32 heavy (non-hydrogen) atoms. The van der Waals surface area contributed by atoms with Gasteiger partial charge in [-0.2, -0.15) is 0 Å². The Morgan fingerprint density at radius 1 is 0.844 bits per heavy atom. The zero-order chi connectivity index (χ0) is 22.9. The summed E-state index contributed by atoms with van der Waals surface area (Å²) in [6.07, 6.45) is 0. The number of rotatable bonds is 9. The molecule has 0 saturated heterocycles. The Morgan fingerprint density at radius 3 is 2.12 bits per heavy atom. The molecule has 0 aliphatic heterocycles. The minimum atomic E-state index is -0.284. The summed E-state index contributed by atoms with van der Waals surface area (Å²) < 4.78 is 5.45. The van der Waals surface area contributed by atoms with Crippen LogP contribution >= 0.6 is 0 Å². The maximum Gasteiger partial charge on any atom is 0.251 e. The molecule has 1 unspecified atom stereocenters. The summed E-state index contributed by atoms with van der Waals surface area (Å²) in [7, 11) is 5.53. The molecule has 0 spiro atoms. The molecule has 0 heterocycles. The van der Waals surface area contributed by atoms with Gasteiger partial charge in [-0.25, -0.2) is 0 Å². The summed E-state index contributed by atoms with van der Waals surface area (Å²) in [5.74, 6) is 0.238. The normalized spacial score (nSPS) is 11.6. The molecule has 0 aromatic heterocycles. The SMILES string of the molecule is COc1ccccc1C(CNC(=O)CNC(=O)c1ccc(-c2ccccc2)cc1)N(C)C. The van der Waals surface area contributed by atoms with E-state index in [0.29, 0.717) is 12.1 Å². The molecular weight excluding hydrogens is 402 g/mol. The lowest BCUT2D eigenvalue weighted by Crippen LogP contribution is -2.40. The Labute approximate surface area is 189 Å². The van der Waals surface area contributed by atoms with E-state index in [4.69, 9.17) is 4.74 Å². The number of para-hydroxylation sites is 1. The van der Waals surface area contributed by atoms with Crippen LogP contribution in [0.25, 0.3) is 11.1 Å². The molecular formula is C26H29N3O3. The van der Waals surface area contributed by atoms with Crippen molar-refractivity contribution in [2.45, 2.75) is 6.04 Å². The minimum Gasteiger partial charge on any atom is -0.496 e. The fourth-order valence-corrected chi connectivity index (χ4v) is 3.49. The Balaban J connectivity index is 1.53. The third-order valence-corrected chi connectivity index (χ3v) is 5.28. The first kappa shape index (κ1) is 23.0. The fourth-order valence-electron chi connectivity index (χ4n) is 3.49. The van der Waals surface area contributed by atoms with Crippen LogP contribution in [0.2, 0.25) is 0 Å². The van der Waals surface area contributed by atoms with E-state index in [2.05, 4.69) is 10.6 Å². The van der Waals surface area contributed by atoms with E-state index in [1.807, 2.05) is 85.7 Å². The Hall–Kier alpha value is -3.64. The van der Waals surface area contributed by atoms with E-state index in [1.165, 1.54) is 0 Å². The molecule has 166 valence electrons. The highest BCUT2D eigenvalue weighted by atomic mass is 16.5. The number of amides is 2. The summed E-state index contributed by atoms with van der Waals surface area (Å²) in [5.41, 5.74) is 3.62. The largest absolute Gasteiger partial charge is 0.496 e. The molecule has 3 rings (SSSR count). The predicted octanol–water partition coefficient (Wildman–Crippen LogP) is 3.51. The lowest BCUT2D eigenvalue weighted by molar-refractivity contribution is -0.120. The number of methoxy groups -OCH3 is 1. The number of hydrogen-bond acceptors (Lipinski definition) is 4. The predicted molar refractivity (Wildman–Crippen MR) is 127 cm³/mol. The quantitative estimate of drug-likeness (QED) is 0.544. The summed E-state index contributed by atoms with van der Waals surface area (Å²) in [5, 5.41) is 5.58. The van der Waals surface area contributed by atoms with Gasteiger partial charge in [-0.05, 0) is 43.4 Å². The molecule has 3 aromatic rings. The second-order valence-electron chi connectivity index (χ2n) is 7.65. The maximum absolute atomic E-state index is 12.4. The monoisotopic (exact) mass is 431 g/mol. The van der Waals surface area contributed by atoms with Crippen LogP contribution in [0.1, 0.15) is 22.0 Å². The number of likely N-dealkylation sites (N-methyl/N-ethyl adjacent to an activating group) is 1. The number of nitrogens with zero attached hydrogens (tertiary/aromatic N) is 1. The molecule has 2 amide bonds. The van der Waals surface area contributed by atoms with Crippen LogP contribution in [0, 0.1) is 0 Å². The van der Waals surface area contributed by atoms with E-state index in [0.717, 1.165) is 22.4 Å². The molecule has 6 heteroatoms. The molecule has 1 atom stereocenters. The van der Waals surface area contributed by atoms with Crippen molar-refractivity contribution < 1.29 is 14.3 Å². The maximum atomic E-state index is 12.4. The van der Waals surface area contributed by atoms with Gasteiger partial charge in [-0.3, -0.25) is 9.59 Å². The first-order valence-electron chi connectivity index (χ1n) is 10.5. The molecule has 2 N–H and O–H groups in total. The lowest BCUT2D eigenvalue weighted by atomic mass is 10.0. The van der Waals surface area contributed by atoms with Crippen LogP contribution in [0.3, 0.4) is 0 Å². The van der Waals surface area contributed by atoms with Gasteiger partial charge in [0.25, 0.3) is 5.91 Å². The van der Waals surface area contributed by atoms with Crippen molar-refractivity contribution in [1.29, 1.82) is 0 Å². The minimum absolute atomic E-state index is 0.0590. The summed E-state index contributed by atoms with van der Waals surface area (Å²) in [6.45, 7) is 0.305. The van der Waals surface area contributed by atoms with Crippen molar-refractivity contribution in [3.63, 3.8) is 0 Å². The first-order chi connectivity index (χ1) is 15.5. The van der Waals surface area contributed by atoms with E-state index >= 15 is 0 Å². The molecule has 0 aliphatic carbocycles. The fraction of sp³-hybridized carbons (Fsp3) is 0.231. The topological polar surface area (TPSA) is 70.7 Å². The Morgan fingerprint density at radius 2 is 1.47 bits per heavy atom. The van der Waals surface area contributed by atoms with E-state index in [1.54, 1.807) is 19.2 Å². The van der Waals surface area contributed by atoms with E-state index in [-0.39, 0.29) is 24.4 Å². The van der Waals surface area contributed by atoms with Gasteiger partial charge in [0.15, 0.2) is 0 Å². The van der Waals surface area contributed by atoms with Crippen LogP contribution in [-0.4, -0.2) is 51.0 Å². The van der Waals surface area contributed by atoms with Crippen molar-refractivity contribution in [2.24, 2.45) is 0 Å². The summed E-state index contributed by atoms with van der Waals surface area (Å²) in [6, 6.07) is 25.0. The van der Waals surface area contributed by atoms with Crippen molar-refractivity contribution in [3.8, 4) is 16.9 Å². The van der Waals surface area contributed by atoms with E-state index < -0.39 is 0 Å². The molecule has 0 bridgehead atoms. The Bertz CT molecular complexity index is 1030. The van der Waals surface area contributed by atoms with Gasteiger partial charge in [0, 0.05) is 17.7 Å². The average Bonchev–Trinajstić information content (AvgIpc) is 2.83. The summed E-state index contributed by atoms with van der Waals surface area (Å²) in [4.78, 5) is 26.8. The van der Waals surface area contributed by atoms with Crippen LogP contribution in [0.4, 0.5) is 0 Å².